The molecule has 1 aromatic carbocycles. The van der Waals surface area contributed by atoms with Gasteiger partial charge in [-0.25, -0.2) is 5.01 Å². The summed E-state index contributed by atoms with van der Waals surface area (Å²) < 4.78 is 5.55. The molecule has 2 aliphatic heterocycles. The van der Waals surface area contributed by atoms with Crippen molar-refractivity contribution in [3.63, 3.8) is 0 Å². The Hall–Kier alpha value is -1.84. The van der Waals surface area contributed by atoms with Crippen LogP contribution in [0.1, 0.15) is 12.0 Å². The summed E-state index contributed by atoms with van der Waals surface area (Å²) in [5.74, 6) is 0. The van der Waals surface area contributed by atoms with Gasteiger partial charge >= 0.3 is 0 Å². The van der Waals surface area contributed by atoms with E-state index >= 15 is 0 Å². The Morgan fingerprint density at radius 1 is 1.20 bits per heavy atom. The number of nitrogens with zero attached hydrogens (tertiary/aromatic N) is 2. The smallest absolute Gasteiger partial charge is 0.0641 e. The van der Waals surface area contributed by atoms with E-state index in [0.29, 0.717) is 6.04 Å². The molecule has 1 fully saturated rings. The highest BCUT2D eigenvalue weighted by Crippen LogP contribution is 2.21. The molecule has 1 saturated heterocycles. The van der Waals surface area contributed by atoms with Gasteiger partial charge in [-0.1, -0.05) is 36.9 Å². The standard InChI is InChI=1S/C17H20N2O/c1-15-7-10-18(11-8-15)19(17-9-12-20-14-17)13-16-5-3-2-4-6-16/h2-8,10-11,17H,1,9,12-14H2. The maximum Gasteiger partial charge on any atom is 0.0641 e. The Labute approximate surface area is 120 Å². The third-order valence-electron chi connectivity index (χ3n) is 3.69. The minimum absolute atomic E-state index is 0.427. The van der Waals surface area contributed by atoms with Gasteiger partial charge in [0.1, 0.15) is 0 Å². The van der Waals surface area contributed by atoms with Crippen LogP contribution in [0.2, 0.25) is 0 Å². The highest BCUT2D eigenvalue weighted by Gasteiger charge is 2.26. The summed E-state index contributed by atoms with van der Waals surface area (Å²) in [6, 6.07) is 11.0. The Balaban J connectivity index is 1.78. The molecule has 0 radical (unpaired) electrons. The minimum Gasteiger partial charge on any atom is -0.380 e. The van der Waals surface area contributed by atoms with Crippen LogP contribution in [0.5, 0.6) is 0 Å². The zero-order valence-corrected chi connectivity index (χ0v) is 11.6. The molecular weight excluding hydrogens is 248 g/mol. The highest BCUT2D eigenvalue weighted by molar-refractivity contribution is 5.30. The lowest BCUT2D eigenvalue weighted by Crippen LogP contribution is -2.43. The van der Waals surface area contributed by atoms with E-state index in [9.17, 15) is 0 Å². The normalized spacial score (nSPS) is 21.9. The molecule has 0 N–H and O–H groups in total. The van der Waals surface area contributed by atoms with Gasteiger partial charge in [0.05, 0.1) is 12.6 Å². The fourth-order valence-corrected chi connectivity index (χ4v) is 2.55. The summed E-state index contributed by atoms with van der Waals surface area (Å²) in [5.41, 5.74) is 2.34. The largest absolute Gasteiger partial charge is 0.380 e. The molecule has 20 heavy (non-hydrogen) atoms. The van der Waals surface area contributed by atoms with E-state index in [1.54, 1.807) is 0 Å². The monoisotopic (exact) mass is 268 g/mol. The molecule has 0 aliphatic carbocycles. The topological polar surface area (TPSA) is 15.7 Å². The van der Waals surface area contributed by atoms with Crippen molar-refractivity contribution in [1.29, 1.82) is 0 Å². The molecule has 3 rings (SSSR count). The fraction of sp³-hybridized carbons (Fsp3) is 0.294. The first-order valence-electron chi connectivity index (χ1n) is 7.05. The van der Waals surface area contributed by atoms with E-state index in [1.807, 2.05) is 12.2 Å². The van der Waals surface area contributed by atoms with Crippen molar-refractivity contribution in [2.24, 2.45) is 0 Å². The molecule has 0 spiro atoms. The maximum absolute atomic E-state index is 5.55. The van der Waals surface area contributed by atoms with Gasteiger partial charge in [0.15, 0.2) is 0 Å². The van der Waals surface area contributed by atoms with Crippen molar-refractivity contribution >= 4 is 0 Å². The summed E-state index contributed by atoms with van der Waals surface area (Å²) in [5, 5.41) is 4.52. The molecule has 2 heterocycles. The number of hydrogen-bond acceptors (Lipinski definition) is 3. The van der Waals surface area contributed by atoms with Crippen molar-refractivity contribution in [3.8, 4) is 0 Å². The summed E-state index contributed by atoms with van der Waals surface area (Å²) >= 11 is 0. The average Bonchev–Trinajstić information content (AvgIpc) is 3.01. The summed E-state index contributed by atoms with van der Waals surface area (Å²) in [6.07, 6.45) is 9.29. The van der Waals surface area contributed by atoms with Crippen LogP contribution in [-0.4, -0.2) is 29.3 Å². The lowest BCUT2D eigenvalue weighted by atomic mass is 10.2. The zero-order chi connectivity index (χ0) is 13.8. The maximum atomic E-state index is 5.55. The third-order valence-corrected chi connectivity index (χ3v) is 3.69. The van der Waals surface area contributed by atoms with Crippen molar-refractivity contribution in [3.05, 3.63) is 72.6 Å². The van der Waals surface area contributed by atoms with Gasteiger partial charge < -0.3 is 4.74 Å². The molecular formula is C17H20N2O. The molecule has 104 valence electrons. The van der Waals surface area contributed by atoms with Crippen LogP contribution in [0, 0.1) is 0 Å². The number of ether oxygens (including phenoxy) is 1. The van der Waals surface area contributed by atoms with E-state index in [4.69, 9.17) is 4.74 Å². The van der Waals surface area contributed by atoms with Crippen LogP contribution < -0.4 is 0 Å². The second kappa shape index (κ2) is 6.07. The summed E-state index contributed by atoms with van der Waals surface area (Å²) in [4.78, 5) is 0. The van der Waals surface area contributed by atoms with Gasteiger partial charge in [-0.05, 0) is 29.7 Å². The van der Waals surface area contributed by atoms with E-state index < -0.39 is 0 Å². The molecule has 1 atom stereocenters. The van der Waals surface area contributed by atoms with Gasteiger partial charge in [0.2, 0.25) is 0 Å². The van der Waals surface area contributed by atoms with E-state index in [2.05, 4.69) is 59.3 Å². The number of allylic oxidation sites excluding steroid dienone is 3. The Morgan fingerprint density at radius 2 is 1.95 bits per heavy atom. The van der Waals surface area contributed by atoms with Crippen LogP contribution in [0.25, 0.3) is 0 Å². The van der Waals surface area contributed by atoms with E-state index in [-0.39, 0.29) is 0 Å². The first-order chi connectivity index (χ1) is 9.83. The van der Waals surface area contributed by atoms with Crippen LogP contribution >= 0.6 is 0 Å². The van der Waals surface area contributed by atoms with Gasteiger partial charge in [-0.15, -0.1) is 0 Å². The molecule has 1 aromatic rings. The third kappa shape index (κ3) is 3.00. The van der Waals surface area contributed by atoms with Crippen molar-refractivity contribution in [1.82, 2.24) is 10.0 Å². The second-order valence-electron chi connectivity index (χ2n) is 5.19. The van der Waals surface area contributed by atoms with Crippen LogP contribution in [-0.2, 0) is 11.3 Å². The number of hydrogen-bond donors (Lipinski definition) is 0. The van der Waals surface area contributed by atoms with Gasteiger partial charge in [-0.2, -0.15) is 0 Å². The van der Waals surface area contributed by atoms with Gasteiger partial charge in [0, 0.05) is 25.6 Å². The molecule has 0 bridgehead atoms. The molecule has 3 nitrogen and oxygen atoms in total. The van der Waals surface area contributed by atoms with E-state index in [0.717, 1.165) is 31.8 Å². The number of rotatable bonds is 4. The van der Waals surface area contributed by atoms with Crippen molar-refractivity contribution in [2.45, 2.75) is 19.0 Å². The molecule has 2 aliphatic rings. The molecule has 0 amide bonds. The summed E-state index contributed by atoms with van der Waals surface area (Å²) in [7, 11) is 0. The Bertz CT molecular complexity index is 499. The number of hydrazine groups is 1. The average molecular weight is 268 g/mol. The highest BCUT2D eigenvalue weighted by atomic mass is 16.5. The zero-order valence-electron chi connectivity index (χ0n) is 11.6. The van der Waals surface area contributed by atoms with Crippen LogP contribution in [0.3, 0.4) is 0 Å². The quantitative estimate of drug-likeness (QED) is 0.834. The SMILES string of the molecule is C=C1C=CN(N(Cc2ccccc2)C2CCOC2)C=C1. The second-order valence-corrected chi connectivity index (χ2v) is 5.19. The first kappa shape index (κ1) is 13.2. The minimum atomic E-state index is 0.427. The van der Waals surface area contributed by atoms with Gasteiger partial charge in [0.25, 0.3) is 0 Å². The predicted molar refractivity (Wildman–Crippen MR) is 80.5 cm³/mol. The molecule has 0 saturated carbocycles. The molecule has 3 heteroatoms. The summed E-state index contributed by atoms with van der Waals surface area (Å²) in [6.45, 7) is 6.48. The number of benzene rings is 1. The Kier molecular flexibility index (Phi) is 4.00. The van der Waals surface area contributed by atoms with E-state index in [1.165, 1.54) is 5.56 Å². The molecule has 1 unspecified atom stereocenters. The lowest BCUT2D eigenvalue weighted by Gasteiger charge is -2.36. The predicted octanol–water partition coefficient (Wildman–Crippen LogP) is 3.09. The van der Waals surface area contributed by atoms with Gasteiger partial charge in [-0.3, -0.25) is 5.01 Å². The fourth-order valence-electron chi connectivity index (χ4n) is 2.55. The van der Waals surface area contributed by atoms with Crippen molar-refractivity contribution in [2.75, 3.05) is 13.2 Å². The van der Waals surface area contributed by atoms with Crippen molar-refractivity contribution < 1.29 is 4.74 Å². The van der Waals surface area contributed by atoms with Crippen LogP contribution in [0.15, 0.2) is 67.0 Å². The first-order valence-corrected chi connectivity index (χ1v) is 7.05. The molecule has 0 aromatic heterocycles. The Morgan fingerprint density at radius 3 is 2.60 bits per heavy atom. The van der Waals surface area contributed by atoms with Crippen LogP contribution in [0.4, 0.5) is 0 Å². The lowest BCUT2D eigenvalue weighted by molar-refractivity contribution is 0.00381.